The molecule has 0 bridgehead atoms. The lowest BCUT2D eigenvalue weighted by atomic mass is 9.83. The number of piperidine rings is 1. The summed E-state index contributed by atoms with van der Waals surface area (Å²) in [5.74, 6) is -0.893. The van der Waals surface area contributed by atoms with E-state index in [9.17, 15) is 14.7 Å². The molecule has 0 aliphatic carbocycles. The topological polar surface area (TPSA) is 60.9 Å². The van der Waals surface area contributed by atoms with Crippen molar-refractivity contribution in [1.29, 1.82) is 0 Å². The lowest BCUT2D eigenvalue weighted by molar-refractivity contribution is -0.147. The van der Waals surface area contributed by atoms with Gasteiger partial charge < -0.3 is 14.9 Å². The highest BCUT2D eigenvalue weighted by atomic mass is 16.4. The van der Waals surface area contributed by atoms with Gasteiger partial charge in [0.15, 0.2) is 0 Å². The number of carbonyl (C=O) groups is 2. The monoisotopic (exact) mass is 268 g/mol. The van der Waals surface area contributed by atoms with Crippen molar-refractivity contribution < 1.29 is 14.7 Å². The number of carboxylic acids is 1. The zero-order valence-corrected chi connectivity index (χ0v) is 12.1. The molecule has 108 valence electrons. The predicted octanol–water partition coefficient (Wildman–Crippen LogP) is 2.17. The molecule has 0 aromatic rings. The van der Waals surface area contributed by atoms with Crippen LogP contribution in [0.3, 0.4) is 0 Å². The van der Waals surface area contributed by atoms with E-state index in [0.29, 0.717) is 13.0 Å². The van der Waals surface area contributed by atoms with Gasteiger partial charge in [-0.3, -0.25) is 0 Å². The molecule has 2 amide bonds. The molecule has 1 unspecified atom stereocenters. The van der Waals surface area contributed by atoms with Crippen molar-refractivity contribution in [2.45, 2.75) is 52.0 Å². The van der Waals surface area contributed by atoms with Crippen LogP contribution in [0, 0.1) is 5.41 Å². The van der Waals surface area contributed by atoms with Crippen molar-refractivity contribution in [2.24, 2.45) is 5.41 Å². The molecule has 0 saturated carbocycles. The third-order valence-corrected chi connectivity index (χ3v) is 4.72. The summed E-state index contributed by atoms with van der Waals surface area (Å²) in [6, 6.07) is -0.0992. The standard InChI is InChI=1S/C14H24N2O3/c1-13(2)6-9-15(10-7-13)12(19)16-8-4-5-14(16,3)11(17)18/h4-10H2,1-3H3,(H,17,18). The first-order valence-electron chi connectivity index (χ1n) is 7.06. The zero-order chi connectivity index (χ0) is 14.3. The van der Waals surface area contributed by atoms with Gasteiger partial charge in [-0.25, -0.2) is 9.59 Å². The Labute approximate surface area is 114 Å². The molecule has 2 rings (SSSR count). The van der Waals surface area contributed by atoms with Gasteiger partial charge in [0.1, 0.15) is 5.54 Å². The molecule has 19 heavy (non-hydrogen) atoms. The summed E-state index contributed by atoms with van der Waals surface area (Å²) in [6.07, 6.45) is 3.29. The number of aliphatic carboxylic acids is 1. The molecule has 2 heterocycles. The van der Waals surface area contributed by atoms with E-state index in [1.165, 1.54) is 0 Å². The first-order chi connectivity index (χ1) is 8.76. The highest BCUT2D eigenvalue weighted by molar-refractivity contribution is 5.86. The second-order valence-electron chi connectivity index (χ2n) is 6.77. The Morgan fingerprint density at radius 2 is 1.58 bits per heavy atom. The van der Waals surface area contributed by atoms with Crippen LogP contribution in [0.4, 0.5) is 4.79 Å². The van der Waals surface area contributed by atoms with Crippen LogP contribution in [0.1, 0.15) is 46.5 Å². The highest BCUT2D eigenvalue weighted by Crippen LogP contribution is 2.34. The van der Waals surface area contributed by atoms with Crippen LogP contribution in [0.25, 0.3) is 0 Å². The van der Waals surface area contributed by atoms with Gasteiger partial charge in [-0.2, -0.15) is 0 Å². The first-order valence-corrected chi connectivity index (χ1v) is 7.06. The number of hydrogen-bond acceptors (Lipinski definition) is 2. The van der Waals surface area contributed by atoms with Crippen LogP contribution >= 0.6 is 0 Å². The summed E-state index contributed by atoms with van der Waals surface area (Å²) in [6.45, 7) is 8.11. The van der Waals surface area contributed by atoms with E-state index in [1.54, 1.807) is 11.8 Å². The molecule has 0 spiro atoms. The van der Waals surface area contributed by atoms with Gasteiger partial charge >= 0.3 is 12.0 Å². The van der Waals surface area contributed by atoms with Crippen molar-refractivity contribution >= 4 is 12.0 Å². The summed E-state index contributed by atoms with van der Waals surface area (Å²) in [7, 11) is 0. The molecule has 0 aromatic heterocycles. The molecule has 2 saturated heterocycles. The minimum atomic E-state index is -1.02. The smallest absolute Gasteiger partial charge is 0.329 e. The van der Waals surface area contributed by atoms with Crippen LogP contribution in [-0.2, 0) is 4.79 Å². The first kappa shape index (κ1) is 14.2. The lowest BCUT2D eigenvalue weighted by Gasteiger charge is -2.41. The Morgan fingerprint density at radius 1 is 1.00 bits per heavy atom. The number of hydrogen-bond donors (Lipinski definition) is 1. The highest BCUT2D eigenvalue weighted by Gasteiger charge is 2.47. The normalized spacial score (nSPS) is 30.5. The van der Waals surface area contributed by atoms with E-state index in [4.69, 9.17) is 0 Å². The Hall–Kier alpha value is -1.26. The molecule has 1 N–H and O–H groups in total. The molecule has 2 fully saturated rings. The summed E-state index contributed by atoms with van der Waals surface area (Å²) < 4.78 is 0. The Balaban J connectivity index is 2.06. The quantitative estimate of drug-likeness (QED) is 0.792. The number of amides is 2. The van der Waals surface area contributed by atoms with Crippen molar-refractivity contribution in [1.82, 2.24) is 9.80 Å². The number of rotatable bonds is 1. The minimum Gasteiger partial charge on any atom is -0.480 e. The molecular weight excluding hydrogens is 244 g/mol. The maximum atomic E-state index is 12.5. The van der Waals surface area contributed by atoms with Gasteiger partial charge in [-0.15, -0.1) is 0 Å². The fourth-order valence-corrected chi connectivity index (χ4v) is 2.97. The van der Waals surface area contributed by atoms with Gasteiger partial charge in [0.2, 0.25) is 0 Å². The largest absolute Gasteiger partial charge is 0.480 e. The van der Waals surface area contributed by atoms with Crippen molar-refractivity contribution in [2.75, 3.05) is 19.6 Å². The second kappa shape index (κ2) is 4.69. The Morgan fingerprint density at radius 3 is 2.11 bits per heavy atom. The summed E-state index contributed by atoms with van der Waals surface area (Å²) in [5, 5.41) is 9.36. The molecule has 0 aromatic carbocycles. The maximum absolute atomic E-state index is 12.5. The SMILES string of the molecule is CC1(C)CCN(C(=O)N2CCCC2(C)C(=O)O)CC1. The van der Waals surface area contributed by atoms with Crippen LogP contribution in [0.2, 0.25) is 0 Å². The van der Waals surface area contributed by atoms with E-state index >= 15 is 0 Å². The summed E-state index contributed by atoms with van der Waals surface area (Å²) in [4.78, 5) is 27.3. The van der Waals surface area contributed by atoms with E-state index in [2.05, 4.69) is 13.8 Å². The third kappa shape index (κ3) is 2.55. The average Bonchev–Trinajstić information content (AvgIpc) is 2.72. The Bertz CT molecular complexity index is 384. The van der Waals surface area contributed by atoms with E-state index in [0.717, 1.165) is 32.4 Å². The number of carboxylic acid groups (broad SMARTS) is 1. The zero-order valence-electron chi connectivity index (χ0n) is 12.1. The van der Waals surface area contributed by atoms with Crippen LogP contribution < -0.4 is 0 Å². The van der Waals surface area contributed by atoms with E-state index < -0.39 is 11.5 Å². The molecule has 2 aliphatic heterocycles. The molecule has 5 nitrogen and oxygen atoms in total. The van der Waals surface area contributed by atoms with Crippen molar-refractivity contribution in [3.8, 4) is 0 Å². The lowest BCUT2D eigenvalue weighted by Crippen LogP contribution is -2.56. The summed E-state index contributed by atoms with van der Waals surface area (Å²) in [5.41, 5.74) is -0.734. The third-order valence-electron chi connectivity index (χ3n) is 4.72. The van der Waals surface area contributed by atoms with Crippen LogP contribution in [0.15, 0.2) is 0 Å². The minimum absolute atomic E-state index is 0.0992. The van der Waals surface area contributed by atoms with Crippen LogP contribution in [-0.4, -0.2) is 52.1 Å². The fourth-order valence-electron chi connectivity index (χ4n) is 2.97. The van der Waals surface area contributed by atoms with Gasteiger partial charge in [0.05, 0.1) is 0 Å². The molecule has 5 heteroatoms. The maximum Gasteiger partial charge on any atom is 0.329 e. The number of nitrogens with zero attached hydrogens (tertiary/aromatic N) is 2. The van der Waals surface area contributed by atoms with Crippen molar-refractivity contribution in [3.63, 3.8) is 0 Å². The fraction of sp³-hybridized carbons (Fsp3) is 0.857. The summed E-state index contributed by atoms with van der Waals surface area (Å²) >= 11 is 0. The van der Waals surface area contributed by atoms with E-state index in [1.807, 2.05) is 4.90 Å². The molecule has 1 atom stereocenters. The van der Waals surface area contributed by atoms with Gasteiger partial charge in [-0.1, -0.05) is 13.8 Å². The molecular formula is C14H24N2O3. The van der Waals surface area contributed by atoms with Crippen molar-refractivity contribution in [3.05, 3.63) is 0 Å². The van der Waals surface area contributed by atoms with Crippen LogP contribution in [0.5, 0.6) is 0 Å². The number of likely N-dealkylation sites (tertiary alicyclic amines) is 2. The Kier molecular flexibility index (Phi) is 3.49. The van der Waals surface area contributed by atoms with Gasteiger partial charge in [-0.05, 0) is 38.0 Å². The average molecular weight is 268 g/mol. The van der Waals surface area contributed by atoms with Gasteiger partial charge in [0, 0.05) is 19.6 Å². The molecule has 2 aliphatic rings. The number of carbonyl (C=O) groups excluding carboxylic acids is 1. The van der Waals surface area contributed by atoms with Gasteiger partial charge in [0.25, 0.3) is 0 Å². The molecule has 0 radical (unpaired) electrons. The van der Waals surface area contributed by atoms with E-state index in [-0.39, 0.29) is 11.4 Å². The number of urea groups is 1. The predicted molar refractivity (Wildman–Crippen MR) is 72.0 cm³/mol. The second-order valence-corrected chi connectivity index (χ2v) is 6.77.